The van der Waals surface area contributed by atoms with Crippen molar-refractivity contribution in [2.75, 3.05) is 5.73 Å². The van der Waals surface area contributed by atoms with Gasteiger partial charge in [-0.2, -0.15) is 0 Å². The van der Waals surface area contributed by atoms with Crippen LogP contribution in [0.3, 0.4) is 0 Å². The zero-order chi connectivity index (χ0) is 12.1. The van der Waals surface area contributed by atoms with Crippen molar-refractivity contribution in [2.45, 2.75) is 6.54 Å². The number of aromatic nitrogens is 1. The lowest BCUT2D eigenvalue weighted by Crippen LogP contribution is -2.22. The summed E-state index contributed by atoms with van der Waals surface area (Å²) < 4.78 is 0. The number of anilines is 1. The molecular weight excluding hydrogens is 214 g/mol. The first-order valence-electron chi connectivity index (χ1n) is 5.28. The van der Waals surface area contributed by atoms with Gasteiger partial charge in [0.15, 0.2) is 0 Å². The van der Waals surface area contributed by atoms with E-state index in [9.17, 15) is 4.79 Å². The van der Waals surface area contributed by atoms with E-state index in [0.29, 0.717) is 17.8 Å². The number of nitrogens with one attached hydrogen (secondary N) is 1. The molecule has 86 valence electrons. The highest BCUT2D eigenvalue weighted by atomic mass is 16.1. The van der Waals surface area contributed by atoms with Gasteiger partial charge < -0.3 is 11.1 Å². The molecule has 17 heavy (non-hydrogen) atoms. The molecule has 0 saturated carbocycles. The molecule has 0 aliphatic rings. The van der Waals surface area contributed by atoms with E-state index in [2.05, 4.69) is 10.3 Å². The number of pyridine rings is 1. The Morgan fingerprint density at radius 2 is 2.00 bits per heavy atom. The number of benzene rings is 1. The molecule has 1 amide bonds. The third-order valence-electron chi connectivity index (χ3n) is 2.36. The van der Waals surface area contributed by atoms with E-state index in [0.717, 1.165) is 5.56 Å². The molecule has 1 heterocycles. The topological polar surface area (TPSA) is 68.0 Å². The lowest BCUT2D eigenvalue weighted by molar-refractivity contribution is 0.0950. The van der Waals surface area contributed by atoms with Crippen molar-refractivity contribution in [3.8, 4) is 0 Å². The molecule has 0 fully saturated rings. The van der Waals surface area contributed by atoms with Gasteiger partial charge in [0.25, 0.3) is 5.91 Å². The molecule has 1 aromatic carbocycles. The Balaban J connectivity index is 1.95. The molecule has 0 radical (unpaired) electrons. The first-order chi connectivity index (χ1) is 8.25. The van der Waals surface area contributed by atoms with Gasteiger partial charge in [-0.1, -0.05) is 12.1 Å². The molecule has 1 aromatic heterocycles. The summed E-state index contributed by atoms with van der Waals surface area (Å²) in [6, 6.07) is 10.9. The molecular formula is C13H13N3O. The third kappa shape index (κ3) is 3.04. The zero-order valence-electron chi connectivity index (χ0n) is 9.26. The van der Waals surface area contributed by atoms with Gasteiger partial charge in [0.2, 0.25) is 0 Å². The van der Waals surface area contributed by atoms with Gasteiger partial charge in [-0.05, 0) is 29.8 Å². The van der Waals surface area contributed by atoms with E-state index in [1.54, 1.807) is 18.3 Å². The Labute approximate surface area is 99.5 Å². The molecule has 4 nitrogen and oxygen atoms in total. The van der Waals surface area contributed by atoms with Crippen molar-refractivity contribution in [3.63, 3.8) is 0 Å². The van der Waals surface area contributed by atoms with Crippen LogP contribution < -0.4 is 11.1 Å². The van der Waals surface area contributed by atoms with Crippen molar-refractivity contribution in [1.82, 2.24) is 10.3 Å². The van der Waals surface area contributed by atoms with Crippen LogP contribution in [-0.2, 0) is 6.54 Å². The maximum Gasteiger partial charge on any atom is 0.253 e. The average Bonchev–Trinajstić information content (AvgIpc) is 2.39. The predicted molar refractivity (Wildman–Crippen MR) is 66.3 cm³/mol. The maximum atomic E-state index is 11.7. The number of hydrogen-bond donors (Lipinski definition) is 2. The molecule has 0 bridgehead atoms. The molecule has 4 heteroatoms. The molecule has 0 aliphatic heterocycles. The quantitative estimate of drug-likeness (QED) is 0.782. The van der Waals surface area contributed by atoms with Crippen LogP contribution >= 0.6 is 0 Å². The molecule has 0 atom stereocenters. The summed E-state index contributed by atoms with van der Waals surface area (Å²) in [7, 11) is 0. The minimum atomic E-state index is -0.130. The number of carbonyl (C=O) groups excluding carboxylic acids is 1. The number of hydrogen-bond acceptors (Lipinski definition) is 3. The largest absolute Gasteiger partial charge is 0.399 e. The van der Waals surface area contributed by atoms with Crippen molar-refractivity contribution in [3.05, 3.63) is 59.9 Å². The van der Waals surface area contributed by atoms with Gasteiger partial charge in [-0.15, -0.1) is 0 Å². The van der Waals surface area contributed by atoms with Gasteiger partial charge in [0, 0.05) is 24.6 Å². The average molecular weight is 227 g/mol. The summed E-state index contributed by atoms with van der Waals surface area (Å²) in [5.74, 6) is -0.130. The molecule has 0 unspecified atom stereocenters. The number of nitrogens with zero attached hydrogens (tertiary/aromatic N) is 1. The Morgan fingerprint density at radius 3 is 2.65 bits per heavy atom. The van der Waals surface area contributed by atoms with Crippen LogP contribution in [0.4, 0.5) is 5.69 Å². The molecule has 2 aromatic rings. The summed E-state index contributed by atoms with van der Waals surface area (Å²) >= 11 is 0. The SMILES string of the molecule is Nc1ccc(CNC(=O)c2cccnc2)cc1. The first-order valence-corrected chi connectivity index (χ1v) is 5.28. The van der Waals surface area contributed by atoms with Crippen LogP contribution in [0.25, 0.3) is 0 Å². The van der Waals surface area contributed by atoms with E-state index in [-0.39, 0.29) is 5.91 Å². The Morgan fingerprint density at radius 1 is 1.24 bits per heavy atom. The van der Waals surface area contributed by atoms with Crippen LogP contribution in [0.15, 0.2) is 48.8 Å². The van der Waals surface area contributed by atoms with E-state index < -0.39 is 0 Å². The van der Waals surface area contributed by atoms with Crippen molar-refractivity contribution < 1.29 is 4.79 Å². The van der Waals surface area contributed by atoms with Crippen molar-refractivity contribution >= 4 is 11.6 Å². The van der Waals surface area contributed by atoms with E-state index in [4.69, 9.17) is 5.73 Å². The fourth-order valence-corrected chi connectivity index (χ4v) is 1.42. The monoisotopic (exact) mass is 227 g/mol. The van der Waals surface area contributed by atoms with Gasteiger partial charge >= 0.3 is 0 Å². The molecule has 0 saturated heterocycles. The number of amides is 1. The highest BCUT2D eigenvalue weighted by Crippen LogP contribution is 2.05. The molecule has 0 spiro atoms. The normalized spacial score (nSPS) is 9.88. The number of nitrogen functional groups attached to an aromatic ring is 1. The molecule has 3 N–H and O–H groups in total. The van der Waals surface area contributed by atoms with Crippen LogP contribution in [0, 0.1) is 0 Å². The van der Waals surface area contributed by atoms with Crippen LogP contribution in [-0.4, -0.2) is 10.9 Å². The van der Waals surface area contributed by atoms with Crippen molar-refractivity contribution in [2.24, 2.45) is 0 Å². The van der Waals surface area contributed by atoms with Crippen molar-refractivity contribution in [1.29, 1.82) is 0 Å². The van der Waals surface area contributed by atoms with Gasteiger partial charge in [-0.3, -0.25) is 9.78 Å². The summed E-state index contributed by atoms with van der Waals surface area (Å²) in [5.41, 5.74) is 7.86. The third-order valence-corrected chi connectivity index (χ3v) is 2.36. The van der Waals surface area contributed by atoms with E-state index in [1.165, 1.54) is 6.20 Å². The fraction of sp³-hybridized carbons (Fsp3) is 0.0769. The second-order valence-corrected chi connectivity index (χ2v) is 3.67. The Bertz CT molecular complexity index is 494. The smallest absolute Gasteiger partial charge is 0.253 e. The minimum absolute atomic E-state index is 0.130. The summed E-state index contributed by atoms with van der Waals surface area (Å²) in [5, 5.41) is 2.81. The predicted octanol–water partition coefficient (Wildman–Crippen LogP) is 1.59. The Hall–Kier alpha value is -2.36. The highest BCUT2D eigenvalue weighted by molar-refractivity contribution is 5.93. The molecule has 0 aliphatic carbocycles. The lowest BCUT2D eigenvalue weighted by Gasteiger charge is -2.05. The van der Waals surface area contributed by atoms with Crippen LogP contribution in [0.1, 0.15) is 15.9 Å². The van der Waals surface area contributed by atoms with Gasteiger partial charge in [0.05, 0.1) is 5.56 Å². The Kier molecular flexibility index (Phi) is 3.35. The van der Waals surface area contributed by atoms with Crippen LogP contribution in [0.5, 0.6) is 0 Å². The number of rotatable bonds is 3. The maximum absolute atomic E-state index is 11.7. The minimum Gasteiger partial charge on any atom is -0.399 e. The standard InChI is InChI=1S/C13H13N3O/c14-12-5-3-10(4-6-12)8-16-13(17)11-2-1-7-15-9-11/h1-7,9H,8,14H2,(H,16,17). The second kappa shape index (κ2) is 5.12. The first kappa shape index (κ1) is 11.1. The van der Waals surface area contributed by atoms with E-state index in [1.807, 2.05) is 24.3 Å². The highest BCUT2D eigenvalue weighted by Gasteiger charge is 2.03. The zero-order valence-corrected chi connectivity index (χ0v) is 9.26. The summed E-state index contributed by atoms with van der Waals surface area (Å²) in [6.07, 6.45) is 3.18. The lowest BCUT2D eigenvalue weighted by atomic mass is 10.2. The van der Waals surface area contributed by atoms with Gasteiger partial charge in [-0.25, -0.2) is 0 Å². The number of carbonyl (C=O) groups is 1. The van der Waals surface area contributed by atoms with Gasteiger partial charge in [0.1, 0.15) is 0 Å². The fourth-order valence-electron chi connectivity index (χ4n) is 1.42. The summed E-state index contributed by atoms with van der Waals surface area (Å²) in [4.78, 5) is 15.6. The second-order valence-electron chi connectivity index (χ2n) is 3.67. The number of nitrogens with two attached hydrogens (primary N) is 1. The summed E-state index contributed by atoms with van der Waals surface area (Å²) in [6.45, 7) is 0.480. The molecule has 2 rings (SSSR count). The van der Waals surface area contributed by atoms with E-state index >= 15 is 0 Å². The van der Waals surface area contributed by atoms with Crippen LogP contribution in [0.2, 0.25) is 0 Å².